The minimum absolute atomic E-state index is 0.505. The molecule has 0 aliphatic carbocycles. The summed E-state index contributed by atoms with van der Waals surface area (Å²) in [4.78, 5) is 8.56. The van der Waals surface area contributed by atoms with Crippen LogP contribution in [0.5, 0.6) is 11.6 Å². The number of aryl methyl sites for hydroxylation is 1. The van der Waals surface area contributed by atoms with Crippen LogP contribution < -0.4 is 20.5 Å². The van der Waals surface area contributed by atoms with E-state index < -0.39 is 0 Å². The summed E-state index contributed by atoms with van der Waals surface area (Å²) in [5, 5.41) is 3.11. The Morgan fingerprint density at radius 3 is 2.62 bits per heavy atom. The van der Waals surface area contributed by atoms with Crippen molar-refractivity contribution >= 4 is 11.6 Å². The van der Waals surface area contributed by atoms with Crippen molar-refractivity contribution in [2.75, 3.05) is 30.8 Å². The molecule has 0 aliphatic rings. The van der Waals surface area contributed by atoms with Crippen LogP contribution in [-0.2, 0) is 0 Å². The van der Waals surface area contributed by atoms with Crippen molar-refractivity contribution in [2.45, 2.75) is 13.8 Å². The lowest BCUT2D eigenvalue weighted by Crippen LogP contribution is -2.14. The Hall–Kier alpha value is -2.50. The van der Waals surface area contributed by atoms with Gasteiger partial charge in [0.05, 0.1) is 13.2 Å². The topological polar surface area (TPSA) is 82.3 Å². The Morgan fingerprint density at radius 2 is 1.90 bits per heavy atom. The maximum Gasteiger partial charge on any atom is 0.226 e. The molecule has 0 atom stereocenters. The van der Waals surface area contributed by atoms with Crippen LogP contribution in [0.4, 0.5) is 11.6 Å². The molecular formula is C15H20N4O2. The summed E-state index contributed by atoms with van der Waals surface area (Å²) < 4.78 is 11.0. The van der Waals surface area contributed by atoms with Crippen LogP contribution in [0.15, 0.2) is 30.3 Å². The van der Waals surface area contributed by atoms with Crippen LogP contribution in [0, 0.1) is 6.92 Å². The van der Waals surface area contributed by atoms with E-state index in [9.17, 15) is 0 Å². The van der Waals surface area contributed by atoms with Gasteiger partial charge in [-0.15, -0.1) is 0 Å². The molecule has 2 rings (SSSR count). The average molecular weight is 288 g/mol. The quantitative estimate of drug-likeness (QED) is 0.600. The first-order chi connectivity index (χ1) is 10.2. The number of nitrogens with one attached hydrogen (secondary N) is 1. The third-order valence-corrected chi connectivity index (χ3v) is 2.66. The highest BCUT2D eigenvalue weighted by Crippen LogP contribution is 2.13. The number of rotatable bonds is 7. The number of anilines is 2. The van der Waals surface area contributed by atoms with Gasteiger partial charge in [-0.25, -0.2) is 4.98 Å². The number of nitrogens with two attached hydrogens (primary N) is 1. The first-order valence-electron chi connectivity index (χ1n) is 6.88. The molecule has 21 heavy (non-hydrogen) atoms. The summed E-state index contributed by atoms with van der Waals surface area (Å²) in [5.74, 6) is 1.90. The Morgan fingerprint density at radius 1 is 1.14 bits per heavy atom. The summed E-state index contributed by atoms with van der Waals surface area (Å²) in [6, 6.07) is 9.10. The van der Waals surface area contributed by atoms with Crippen LogP contribution in [0.1, 0.15) is 12.6 Å². The average Bonchev–Trinajstić information content (AvgIpc) is 2.45. The molecule has 6 nitrogen and oxygen atoms in total. The number of hydrogen-bond acceptors (Lipinski definition) is 6. The highest BCUT2D eigenvalue weighted by Gasteiger charge is 2.02. The molecule has 0 bridgehead atoms. The molecule has 0 amide bonds. The van der Waals surface area contributed by atoms with E-state index >= 15 is 0 Å². The Kier molecular flexibility index (Phi) is 5.20. The van der Waals surface area contributed by atoms with E-state index in [1.165, 1.54) is 0 Å². The van der Waals surface area contributed by atoms with Crippen LogP contribution in [0.2, 0.25) is 0 Å². The van der Waals surface area contributed by atoms with Gasteiger partial charge in [-0.1, -0.05) is 0 Å². The van der Waals surface area contributed by atoms with Crippen LogP contribution in [0.25, 0.3) is 0 Å². The molecule has 1 aromatic carbocycles. The predicted molar refractivity (Wildman–Crippen MR) is 82.8 cm³/mol. The predicted octanol–water partition coefficient (Wildman–Crippen LogP) is 2.26. The fraction of sp³-hybridized carbons (Fsp3) is 0.333. The van der Waals surface area contributed by atoms with Gasteiger partial charge in [0.1, 0.15) is 12.4 Å². The number of nitrogens with zero attached hydrogens (tertiary/aromatic N) is 2. The van der Waals surface area contributed by atoms with Gasteiger partial charge in [0.2, 0.25) is 11.8 Å². The lowest BCUT2D eigenvalue weighted by molar-refractivity contribution is 0.324. The van der Waals surface area contributed by atoms with Crippen molar-refractivity contribution in [1.82, 2.24) is 9.97 Å². The molecular weight excluding hydrogens is 268 g/mol. The van der Waals surface area contributed by atoms with Gasteiger partial charge < -0.3 is 20.5 Å². The minimum atomic E-state index is 0.505. The fourth-order valence-electron chi connectivity index (χ4n) is 1.74. The van der Waals surface area contributed by atoms with Crippen molar-refractivity contribution in [3.8, 4) is 11.6 Å². The number of nitrogen functional groups attached to an aromatic ring is 1. The molecule has 0 saturated heterocycles. The van der Waals surface area contributed by atoms with E-state index in [0.717, 1.165) is 17.1 Å². The summed E-state index contributed by atoms with van der Waals surface area (Å²) in [7, 11) is 0. The van der Waals surface area contributed by atoms with Gasteiger partial charge in [0.15, 0.2) is 0 Å². The number of ether oxygens (including phenoxy) is 2. The highest BCUT2D eigenvalue weighted by atomic mass is 16.5. The van der Waals surface area contributed by atoms with E-state index in [2.05, 4.69) is 15.3 Å². The second kappa shape index (κ2) is 7.33. The molecule has 0 aliphatic heterocycles. The van der Waals surface area contributed by atoms with Crippen LogP contribution >= 0.6 is 0 Å². The van der Waals surface area contributed by atoms with Crippen molar-refractivity contribution in [3.05, 3.63) is 36.0 Å². The SMILES string of the molecule is CCOc1cc(C)nc(NCCOc2ccc(N)cc2)n1. The molecule has 2 aromatic rings. The Balaban J connectivity index is 1.81. The van der Waals surface area contributed by atoms with Crippen LogP contribution in [-0.4, -0.2) is 29.7 Å². The molecule has 0 spiro atoms. The number of benzene rings is 1. The lowest BCUT2D eigenvalue weighted by atomic mass is 10.3. The molecule has 0 saturated carbocycles. The van der Waals surface area contributed by atoms with E-state index in [1.54, 1.807) is 18.2 Å². The smallest absolute Gasteiger partial charge is 0.226 e. The third kappa shape index (κ3) is 4.83. The minimum Gasteiger partial charge on any atom is -0.492 e. The zero-order chi connectivity index (χ0) is 15.1. The van der Waals surface area contributed by atoms with Crippen molar-refractivity contribution in [1.29, 1.82) is 0 Å². The third-order valence-electron chi connectivity index (χ3n) is 2.66. The first-order valence-corrected chi connectivity index (χ1v) is 6.88. The molecule has 0 radical (unpaired) electrons. The molecule has 1 aromatic heterocycles. The number of hydrogen-bond donors (Lipinski definition) is 2. The van der Waals surface area contributed by atoms with Gasteiger partial charge in [-0.05, 0) is 38.1 Å². The van der Waals surface area contributed by atoms with Crippen molar-refractivity contribution < 1.29 is 9.47 Å². The second-order valence-corrected chi connectivity index (χ2v) is 4.45. The summed E-state index contributed by atoms with van der Waals surface area (Å²) in [5.41, 5.74) is 7.19. The van der Waals surface area contributed by atoms with Gasteiger partial charge in [0, 0.05) is 17.4 Å². The van der Waals surface area contributed by atoms with E-state index in [-0.39, 0.29) is 0 Å². The molecule has 0 fully saturated rings. The molecule has 6 heteroatoms. The second-order valence-electron chi connectivity index (χ2n) is 4.45. The van der Waals surface area contributed by atoms with E-state index in [1.807, 2.05) is 26.0 Å². The largest absolute Gasteiger partial charge is 0.492 e. The van der Waals surface area contributed by atoms with Crippen LogP contribution in [0.3, 0.4) is 0 Å². The van der Waals surface area contributed by atoms with Gasteiger partial charge in [-0.2, -0.15) is 4.98 Å². The maximum absolute atomic E-state index is 5.61. The maximum atomic E-state index is 5.61. The van der Waals surface area contributed by atoms with Crippen molar-refractivity contribution in [3.63, 3.8) is 0 Å². The normalized spacial score (nSPS) is 10.2. The zero-order valence-electron chi connectivity index (χ0n) is 12.3. The molecule has 1 heterocycles. The Labute approximate surface area is 124 Å². The number of aromatic nitrogens is 2. The Bertz CT molecular complexity index is 572. The zero-order valence-corrected chi connectivity index (χ0v) is 12.3. The van der Waals surface area contributed by atoms with Gasteiger partial charge in [0.25, 0.3) is 0 Å². The monoisotopic (exact) mass is 288 g/mol. The molecule has 3 N–H and O–H groups in total. The fourth-order valence-corrected chi connectivity index (χ4v) is 1.74. The van der Waals surface area contributed by atoms with Crippen molar-refractivity contribution in [2.24, 2.45) is 0 Å². The summed E-state index contributed by atoms with van der Waals surface area (Å²) in [6.45, 7) is 5.51. The lowest BCUT2D eigenvalue weighted by Gasteiger charge is -2.09. The van der Waals surface area contributed by atoms with E-state index in [4.69, 9.17) is 15.2 Å². The summed E-state index contributed by atoms with van der Waals surface area (Å²) in [6.07, 6.45) is 0. The molecule has 0 unspecified atom stereocenters. The van der Waals surface area contributed by atoms with Gasteiger partial charge >= 0.3 is 0 Å². The molecule has 112 valence electrons. The van der Waals surface area contributed by atoms with E-state index in [0.29, 0.717) is 31.6 Å². The highest BCUT2D eigenvalue weighted by molar-refractivity contribution is 5.41. The summed E-state index contributed by atoms with van der Waals surface area (Å²) >= 11 is 0. The standard InChI is InChI=1S/C15H20N4O2/c1-3-20-14-10-11(2)18-15(19-14)17-8-9-21-13-6-4-12(16)5-7-13/h4-7,10H,3,8-9,16H2,1-2H3,(H,17,18,19). The van der Waals surface area contributed by atoms with Gasteiger partial charge in [-0.3, -0.25) is 0 Å². The first kappa shape index (κ1) is 14.9.